The Labute approximate surface area is 129 Å². The molecule has 0 bridgehead atoms. The Bertz CT molecular complexity index is 530. The number of nitrogens with zero attached hydrogens (tertiary/aromatic N) is 1. The molecule has 0 spiro atoms. The molecule has 1 fully saturated rings. The highest BCUT2D eigenvalue weighted by atomic mass is 32.1. The number of nitrogens with one attached hydrogen (secondary N) is 2. The molecule has 114 valence electrons. The highest BCUT2D eigenvalue weighted by Crippen LogP contribution is 2.30. The fourth-order valence-corrected chi connectivity index (χ4v) is 2.38. The van der Waals surface area contributed by atoms with Crippen LogP contribution < -0.4 is 20.3 Å². The van der Waals surface area contributed by atoms with Crippen LogP contribution in [0.25, 0.3) is 0 Å². The van der Waals surface area contributed by atoms with E-state index in [4.69, 9.17) is 21.7 Å². The Morgan fingerprint density at radius 2 is 2.10 bits per heavy atom. The summed E-state index contributed by atoms with van der Waals surface area (Å²) in [7, 11) is 1.59. The second-order valence-corrected chi connectivity index (χ2v) is 5.03. The zero-order valence-electron chi connectivity index (χ0n) is 12.1. The second kappa shape index (κ2) is 7.24. The Hall–Kier alpha value is -1.86. The van der Waals surface area contributed by atoms with Crippen LogP contribution in [0.4, 0.5) is 11.4 Å². The molecule has 7 heteroatoms. The fraction of sp³-hybridized carbons (Fsp3) is 0.429. The maximum Gasteiger partial charge on any atom is 0.222 e. The Kier molecular flexibility index (Phi) is 5.35. The molecule has 0 unspecified atom stereocenters. The van der Waals surface area contributed by atoms with Gasteiger partial charge in [-0.25, -0.2) is 0 Å². The van der Waals surface area contributed by atoms with E-state index in [1.54, 1.807) is 7.11 Å². The lowest BCUT2D eigenvalue weighted by atomic mass is 10.2. The van der Waals surface area contributed by atoms with Crippen LogP contribution in [0.3, 0.4) is 0 Å². The summed E-state index contributed by atoms with van der Waals surface area (Å²) in [6.45, 7) is 4.55. The molecule has 1 aromatic rings. The third-order valence-electron chi connectivity index (χ3n) is 3.10. The third kappa shape index (κ3) is 4.30. The van der Waals surface area contributed by atoms with Crippen LogP contribution in [0.5, 0.6) is 5.75 Å². The molecule has 1 aromatic carbocycles. The van der Waals surface area contributed by atoms with E-state index in [9.17, 15) is 4.79 Å². The van der Waals surface area contributed by atoms with Crippen molar-refractivity contribution in [1.82, 2.24) is 5.32 Å². The average molecular weight is 309 g/mol. The van der Waals surface area contributed by atoms with E-state index in [1.807, 2.05) is 18.2 Å². The normalized spacial score (nSPS) is 14.5. The first-order valence-corrected chi connectivity index (χ1v) is 7.10. The first-order chi connectivity index (χ1) is 10.1. The zero-order valence-corrected chi connectivity index (χ0v) is 13.0. The standard InChI is InChI=1S/C14H19N3O3S/c1-10(18)15-14(21)16-12-9-11(3-4-13(12)19-2)17-5-7-20-8-6-17/h3-4,9H,5-8H2,1-2H3,(H2,15,16,18,21). The van der Waals surface area contributed by atoms with Gasteiger partial charge in [0, 0.05) is 25.7 Å². The van der Waals surface area contributed by atoms with E-state index >= 15 is 0 Å². The van der Waals surface area contributed by atoms with Crippen LogP contribution in [0, 0.1) is 0 Å². The molecule has 0 radical (unpaired) electrons. The maximum atomic E-state index is 11.0. The largest absolute Gasteiger partial charge is 0.495 e. The number of amides is 1. The summed E-state index contributed by atoms with van der Waals surface area (Å²) in [5.41, 5.74) is 1.78. The molecule has 1 aliphatic heterocycles. The molecule has 1 saturated heterocycles. The fourth-order valence-electron chi connectivity index (χ4n) is 2.13. The molecule has 6 nitrogen and oxygen atoms in total. The van der Waals surface area contributed by atoms with Crippen molar-refractivity contribution < 1.29 is 14.3 Å². The number of thiocarbonyl (C=S) groups is 1. The molecule has 21 heavy (non-hydrogen) atoms. The summed E-state index contributed by atoms with van der Waals surface area (Å²) in [4.78, 5) is 13.3. The van der Waals surface area contributed by atoms with Crippen molar-refractivity contribution in [3.05, 3.63) is 18.2 Å². The minimum atomic E-state index is -0.212. The van der Waals surface area contributed by atoms with Crippen molar-refractivity contribution in [3.8, 4) is 5.75 Å². The first-order valence-electron chi connectivity index (χ1n) is 6.69. The van der Waals surface area contributed by atoms with E-state index in [0.29, 0.717) is 5.75 Å². The topological polar surface area (TPSA) is 62.8 Å². The van der Waals surface area contributed by atoms with Crippen molar-refractivity contribution in [2.45, 2.75) is 6.92 Å². The van der Waals surface area contributed by atoms with Crippen LogP contribution in [0.2, 0.25) is 0 Å². The number of anilines is 2. The van der Waals surface area contributed by atoms with Gasteiger partial charge in [-0.1, -0.05) is 0 Å². The molecule has 1 aliphatic rings. The lowest BCUT2D eigenvalue weighted by Crippen LogP contribution is -2.36. The molecule has 0 aliphatic carbocycles. The van der Waals surface area contributed by atoms with E-state index in [1.165, 1.54) is 6.92 Å². The van der Waals surface area contributed by atoms with Gasteiger partial charge in [-0.3, -0.25) is 4.79 Å². The smallest absolute Gasteiger partial charge is 0.222 e. The van der Waals surface area contributed by atoms with Crippen LogP contribution in [-0.4, -0.2) is 44.4 Å². The number of benzene rings is 1. The predicted molar refractivity (Wildman–Crippen MR) is 86.1 cm³/mol. The van der Waals surface area contributed by atoms with Gasteiger partial charge in [0.25, 0.3) is 0 Å². The molecule has 1 amide bonds. The van der Waals surface area contributed by atoms with Crippen molar-refractivity contribution in [2.75, 3.05) is 43.6 Å². The predicted octanol–water partition coefficient (Wildman–Crippen LogP) is 1.36. The van der Waals surface area contributed by atoms with Crippen LogP contribution in [0.15, 0.2) is 18.2 Å². The van der Waals surface area contributed by atoms with Gasteiger partial charge in [0.2, 0.25) is 5.91 Å². The first kappa shape index (κ1) is 15.5. The highest BCUT2D eigenvalue weighted by Gasteiger charge is 2.14. The van der Waals surface area contributed by atoms with E-state index in [2.05, 4.69) is 15.5 Å². The quantitative estimate of drug-likeness (QED) is 0.822. The minimum absolute atomic E-state index is 0.212. The van der Waals surface area contributed by atoms with Gasteiger partial charge in [-0.05, 0) is 30.4 Å². The van der Waals surface area contributed by atoms with Gasteiger partial charge in [-0.2, -0.15) is 0 Å². The van der Waals surface area contributed by atoms with Gasteiger partial charge >= 0.3 is 0 Å². The number of hydrogen-bond acceptors (Lipinski definition) is 5. The summed E-state index contributed by atoms with van der Waals surface area (Å²) < 4.78 is 10.7. The number of ether oxygens (including phenoxy) is 2. The number of carbonyl (C=O) groups excluding carboxylic acids is 1. The summed E-state index contributed by atoms with van der Waals surface area (Å²) in [5, 5.41) is 5.77. The zero-order chi connectivity index (χ0) is 15.2. The molecule has 2 rings (SSSR count). The lowest BCUT2D eigenvalue weighted by molar-refractivity contribution is -0.117. The van der Waals surface area contributed by atoms with Crippen molar-refractivity contribution >= 4 is 34.6 Å². The SMILES string of the molecule is COc1ccc(N2CCOCC2)cc1NC(=S)NC(C)=O. The monoisotopic (exact) mass is 309 g/mol. The van der Waals surface area contributed by atoms with E-state index in [-0.39, 0.29) is 11.0 Å². The summed E-state index contributed by atoms with van der Waals surface area (Å²) >= 11 is 5.09. The van der Waals surface area contributed by atoms with Gasteiger partial charge in [0.15, 0.2) is 5.11 Å². The lowest BCUT2D eigenvalue weighted by Gasteiger charge is -2.29. The summed E-state index contributed by atoms with van der Waals surface area (Å²) in [6, 6.07) is 5.83. The van der Waals surface area contributed by atoms with Gasteiger partial charge in [-0.15, -0.1) is 0 Å². The van der Waals surface area contributed by atoms with Crippen LogP contribution in [-0.2, 0) is 9.53 Å². The highest BCUT2D eigenvalue weighted by molar-refractivity contribution is 7.80. The molecular formula is C14H19N3O3S. The second-order valence-electron chi connectivity index (χ2n) is 4.62. The van der Waals surface area contributed by atoms with Crippen molar-refractivity contribution in [1.29, 1.82) is 0 Å². The van der Waals surface area contributed by atoms with Gasteiger partial charge in [0.05, 0.1) is 26.0 Å². The van der Waals surface area contributed by atoms with Gasteiger partial charge < -0.3 is 25.0 Å². The number of rotatable bonds is 3. The van der Waals surface area contributed by atoms with E-state index in [0.717, 1.165) is 37.7 Å². The maximum absolute atomic E-state index is 11.0. The molecule has 0 saturated carbocycles. The minimum Gasteiger partial charge on any atom is -0.495 e. The molecule has 0 aromatic heterocycles. The Morgan fingerprint density at radius 1 is 1.38 bits per heavy atom. The Balaban J connectivity index is 2.17. The van der Waals surface area contributed by atoms with Crippen LogP contribution in [0.1, 0.15) is 6.92 Å². The number of morpholine rings is 1. The van der Waals surface area contributed by atoms with Crippen molar-refractivity contribution in [2.24, 2.45) is 0 Å². The molecule has 0 atom stereocenters. The number of hydrogen-bond donors (Lipinski definition) is 2. The number of carbonyl (C=O) groups is 1. The van der Waals surface area contributed by atoms with E-state index < -0.39 is 0 Å². The van der Waals surface area contributed by atoms with Crippen LogP contribution >= 0.6 is 12.2 Å². The third-order valence-corrected chi connectivity index (χ3v) is 3.30. The molecule has 1 heterocycles. The molecule has 2 N–H and O–H groups in total. The summed E-state index contributed by atoms with van der Waals surface area (Å²) in [6.07, 6.45) is 0. The molecular weight excluding hydrogens is 290 g/mol. The summed E-state index contributed by atoms with van der Waals surface area (Å²) in [5.74, 6) is 0.454. The van der Waals surface area contributed by atoms with Gasteiger partial charge in [0.1, 0.15) is 5.75 Å². The van der Waals surface area contributed by atoms with Crippen molar-refractivity contribution in [3.63, 3.8) is 0 Å². The number of methoxy groups -OCH3 is 1. The Morgan fingerprint density at radius 3 is 2.71 bits per heavy atom. The average Bonchev–Trinajstić information content (AvgIpc) is 2.47.